The number of carbonyl (C=O) groups excluding carboxylic acids is 3. The number of benzene rings is 3. The topological polar surface area (TPSA) is 88.2 Å². The Kier molecular flexibility index (Phi) is 5.64. The van der Waals surface area contributed by atoms with Gasteiger partial charge in [0.15, 0.2) is 0 Å². The number of anilines is 2. The van der Waals surface area contributed by atoms with Gasteiger partial charge < -0.3 is 19.7 Å². The Morgan fingerprint density at radius 3 is 2.46 bits per heavy atom. The summed E-state index contributed by atoms with van der Waals surface area (Å²) in [6, 6.07) is 21.4. The molecule has 2 aliphatic rings. The van der Waals surface area contributed by atoms with Crippen molar-refractivity contribution in [2.24, 2.45) is 0 Å². The number of nitrogens with one attached hydrogen (secondary N) is 1. The van der Waals surface area contributed by atoms with Gasteiger partial charge in [-0.05, 0) is 29.8 Å². The minimum Gasteiger partial charge on any atom is -0.497 e. The lowest BCUT2D eigenvalue weighted by Gasteiger charge is -2.49. The summed E-state index contributed by atoms with van der Waals surface area (Å²) in [7, 11) is 3.04. The predicted molar refractivity (Wildman–Crippen MR) is 130 cm³/mol. The molecule has 1 saturated heterocycles. The van der Waals surface area contributed by atoms with Crippen molar-refractivity contribution in [1.82, 2.24) is 4.90 Å². The smallest absolute Gasteiger partial charge is 0.271 e. The van der Waals surface area contributed by atoms with Crippen molar-refractivity contribution in [2.45, 2.75) is 25.0 Å². The lowest BCUT2D eigenvalue weighted by Crippen LogP contribution is -2.69. The Labute approximate surface area is 203 Å². The molecule has 0 spiro atoms. The molecule has 3 aromatic rings. The summed E-state index contributed by atoms with van der Waals surface area (Å²) < 4.78 is 10.7. The van der Waals surface area contributed by atoms with Gasteiger partial charge >= 0.3 is 0 Å². The number of amides is 3. The normalized spacial score (nSPS) is 18.7. The molecule has 0 aromatic heterocycles. The maximum Gasteiger partial charge on any atom is 0.271 e. The zero-order valence-electron chi connectivity index (χ0n) is 19.5. The van der Waals surface area contributed by atoms with Crippen molar-refractivity contribution in [3.8, 4) is 11.5 Å². The lowest BCUT2D eigenvalue weighted by molar-refractivity contribution is -0.129. The van der Waals surface area contributed by atoms with Crippen LogP contribution in [0.15, 0.2) is 72.8 Å². The number of methoxy groups -OCH3 is 2. The van der Waals surface area contributed by atoms with Crippen LogP contribution in [0.1, 0.15) is 28.8 Å². The zero-order chi connectivity index (χ0) is 24.6. The first-order chi connectivity index (χ1) is 17.0. The van der Waals surface area contributed by atoms with Crippen molar-refractivity contribution in [1.29, 1.82) is 0 Å². The molecule has 0 saturated carbocycles. The molecule has 2 heterocycles. The molecule has 1 N–H and O–H groups in total. The summed E-state index contributed by atoms with van der Waals surface area (Å²) in [6.45, 7) is 0.172. The maximum absolute atomic E-state index is 14.1. The van der Waals surface area contributed by atoms with E-state index in [0.717, 1.165) is 5.56 Å². The summed E-state index contributed by atoms with van der Waals surface area (Å²) in [5, 5.41) is 2.93. The van der Waals surface area contributed by atoms with Crippen molar-refractivity contribution in [3.63, 3.8) is 0 Å². The monoisotopic (exact) mass is 471 g/mol. The van der Waals surface area contributed by atoms with E-state index in [-0.39, 0.29) is 31.2 Å². The van der Waals surface area contributed by atoms with E-state index in [4.69, 9.17) is 9.47 Å². The molecule has 8 heteroatoms. The average molecular weight is 472 g/mol. The standard InChI is InChI=1S/C27H25N3O5/c1-34-19-12-13-21(23(16-19)35-2)28-26(33)27-15-14-24(31)30(27)22-11-7-6-10-20(22)25(32)29(27)17-18-8-4-3-5-9-18/h3-13,16H,14-15,17H2,1-2H3,(H,28,33)/t27-/m0/s1. The molecule has 35 heavy (non-hydrogen) atoms. The molecule has 0 bridgehead atoms. The van der Waals surface area contributed by atoms with Crippen molar-refractivity contribution < 1.29 is 23.9 Å². The first-order valence-corrected chi connectivity index (χ1v) is 11.3. The van der Waals surface area contributed by atoms with E-state index < -0.39 is 11.6 Å². The van der Waals surface area contributed by atoms with Crippen LogP contribution in [0.4, 0.5) is 11.4 Å². The number of nitrogens with zero attached hydrogens (tertiary/aromatic N) is 2. The van der Waals surface area contributed by atoms with E-state index in [9.17, 15) is 14.4 Å². The Bertz CT molecular complexity index is 1310. The van der Waals surface area contributed by atoms with Gasteiger partial charge in [0.1, 0.15) is 11.5 Å². The number of para-hydroxylation sites is 1. The Balaban J connectivity index is 1.63. The first kappa shape index (κ1) is 22.5. The number of hydrogen-bond donors (Lipinski definition) is 1. The average Bonchev–Trinajstić information content (AvgIpc) is 3.25. The van der Waals surface area contributed by atoms with E-state index in [0.29, 0.717) is 28.4 Å². The van der Waals surface area contributed by atoms with E-state index >= 15 is 0 Å². The second kappa shape index (κ2) is 8.79. The highest BCUT2D eigenvalue weighted by molar-refractivity contribution is 6.18. The first-order valence-electron chi connectivity index (χ1n) is 11.3. The van der Waals surface area contributed by atoms with E-state index in [1.807, 2.05) is 30.3 Å². The van der Waals surface area contributed by atoms with Gasteiger partial charge in [-0.25, -0.2) is 0 Å². The Morgan fingerprint density at radius 2 is 1.71 bits per heavy atom. The number of hydrogen-bond acceptors (Lipinski definition) is 5. The highest BCUT2D eigenvalue weighted by atomic mass is 16.5. The van der Waals surface area contributed by atoms with Crippen LogP contribution in [0, 0.1) is 0 Å². The molecule has 0 aliphatic carbocycles. The summed E-state index contributed by atoms with van der Waals surface area (Å²) in [6.07, 6.45) is 0.309. The van der Waals surface area contributed by atoms with Crippen LogP contribution >= 0.6 is 0 Å². The fourth-order valence-corrected chi connectivity index (χ4v) is 4.89. The van der Waals surface area contributed by atoms with Gasteiger partial charge in [-0.2, -0.15) is 0 Å². The van der Waals surface area contributed by atoms with Crippen molar-refractivity contribution >= 4 is 29.1 Å². The third-order valence-electron chi connectivity index (χ3n) is 6.58. The van der Waals surface area contributed by atoms with Crippen LogP contribution in [0.25, 0.3) is 0 Å². The SMILES string of the molecule is COc1ccc(NC(=O)[C@]23CCC(=O)N2c2ccccc2C(=O)N3Cc2ccccc2)c(OC)c1. The largest absolute Gasteiger partial charge is 0.497 e. The van der Waals surface area contributed by atoms with Crippen LogP contribution in [0.5, 0.6) is 11.5 Å². The van der Waals surface area contributed by atoms with E-state index in [2.05, 4.69) is 5.32 Å². The van der Waals surface area contributed by atoms with Crippen LogP contribution in [-0.4, -0.2) is 42.5 Å². The number of ether oxygens (including phenoxy) is 2. The Hall–Kier alpha value is -4.33. The third-order valence-corrected chi connectivity index (χ3v) is 6.58. The zero-order valence-corrected chi connectivity index (χ0v) is 19.5. The molecule has 2 aliphatic heterocycles. The quantitative estimate of drug-likeness (QED) is 0.591. The highest BCUT2D eigenvalue weighted by Gasteiger charge is 2.60. The van der Waals surface area contributed by atoms with Crippen LogP contribution in [0.2, 0.25) is 0 Å². The lowest BCUT2D eigenvalue weighted by atomic mass is 9.94. The second-order valence-corrected chi connectivity index (χ2v) is 8.46. The van der Waals surface area contributed by atoms with Gasteiger partial charge in [0, 0.05) is 25.5 Å². The van der Waals surface area contributed by atoms with Gasteiger partial charge in [-0.3, -0.25) is 19.3 Å². The minimum atomic E-state index is -1.52. The van der Waals surface area contributed by atoms with E-state index in [1.165, 1.54) is 16.9 Å². The fourth-order valence-electron chi connectivity index (χ4n) is 4.89. The summed E-state index contributed by atoms with van der Waals surface area (Å²) in [5.74, 6) is -0.0111. The molecule has 3 amide bonds. The molecule has 3 aromatic carbocycles. The van der Waals surface area contributed by atoms with Gasteiger partial charge in [0.25, 0.3) is 11.8 Å². The number of fused-ring (bicyclic) bond motifs is 3. The molecular weight excluding hydrogens is 446 g/mol. The molecular formula is C27H25N3O5. The van der Waals surface area contributed by atoms with Gasteiger partial charge in [0.05, 0.1) is 31.2 Å². The molecule has 5 rings (SSSR count). The molecule has 0 radical (unpaired) electrons. The summed E-state index contributed by atoms with van der Waals surface area (Å²) >= 11 is 0. The van der Waals surface area contributed by atoms with Crippen molar-refractivity contribution in [3.05, 3.63) is 83.9 Å². The van der Waals surface area contributed by atoms with Gasteiger partial charge in [-0.1, -0.05) is 42.5 Å². The highest BCUT2D eigenvalue weighted by Crippen LogP contribution is 2.46. The van der Waals surface area contributed by atoms with Crippen LogP contribution in [0.3, 0.4) is 0 Å². The number of rotatable bonds is 6. The van der Waals surface area contributed by atoms with Crippen molar-refractivity contribution in [2.75, 3.05) is 24.4 Å². The fraction of sp³-hybridized carbons (Fsp3) is 0.222. The maximum atomic E-state index is 14.1. The van der Waals surface area contributed by atoms with Gasteiger partial charge in [0.2, 0.25) is 11.6 Å². The third kappa shape index (κ3) is 3.58. The van der Waals surface area contributed by atoms with E-state index in [1.54, 1.807) is 49.6 Å². The molecule has 0 unspecified atom stereocenters. The minimum absolute atomic E-state index is 0.139. The predicted octanol–water partition coefficient (Wildman–Crippen LogP) is 3.82. The molecule has 178 valence electrons. The van der Waals surface area contributed by atoms with Crippen LogP contribution < -0.4 is 19.7 Å². The number of carbonyl (C=O) groups is 3. The second-order valence-electron chi connectivity index (χ2n) is 8.46. The molecule has 8 nitrogen and oxygen atoms in total. The summed E-state index contributed by atoms with van der Waals surface area (Å²) in [5.41, 5.74) is 0.584. The molecule has 1 atom stereocenters. The Morgan fingerprint density at radius 1 is 0.971 bits per heavy atom. The molecule has 1 fully saturated rings. The van der Waals surface area contributed by atoms with Crippen LogP contribution in [-0.2, 0) is 16.1 Å². The van der Waals surface area contributed by atoms with Gasteiger partial charge in [-0.15, -0.1) is 0 Å². The summed E-state index contributed by atoms with van der Waals surface area (Å²) in [4.78, 5) is 44.1.